The molecule has 1 fully saturated rings. The molecule has 2 N–H and O–H groups in total. The van der Waals surface area contributed by atoms with Gasteiger partial charge in [-0.1, -0.05) is 24.3 Å². The van der Waals surface area contributed by atoms with Crippen molar-refractivity contribution >= 4 is 0 Å². The van der Waals surface area contributed by atoms with E-state index in [4.69, 9.17) is 0 Å². The molecule has 2 aliphatic rings. The van der Waals surface area contributed by atoms with Gasteiger partial charge >= 0.3 is 0 Å². The Morgan fingerprint density at radius 2 is 1.80 bits per heavy atom. The van der Waals surface area contributed by atoms with E-state index in [1.165, 1.54) is 40.7 Å². The number of hydrogen-bond donors (Lipinski definition) is 2. The molecule has 0 bridgehead atoms. The number of fused-ring (bicyclic) bond motifs is 1. The number of benzene rings is 2. The van der Waals surface area contributed by atoms with Crippen LogP contribution in [0.5, 0.6) is 5.75 Å². The zero-order valence-electron chi connectivity index (χ0n) is 15.4. The fourth-order valence-corrected chi connectivity index (χ4v) is 4.93. The average Bonchev–Trinajstić information content (AvgIpc) is 3.04. The van der Waals surface area contributed by atoms with Crippen molar-refractivity contribution < 1.29 is 5.11 Å². The summed E-state index contributed by atoms with van der Waals surface area (Å²) in [4.78, 5) is 0. The molecule has 2 aromatic rings. The normalized spacial score (nSPS) is 20.6. The highest BCUT2D eigenvalue weighted by Crippen LogP contribution is 2.41. The summed E-state index contributed by atoms with van der Waals surface area (Å²) in [6.07, 6.45) is 5.80. The van der Waals surface area contributed by atoms with Crippen LogP contribution < -0.4 is 5.32 Å². The van der Waals surface area contributed by atoms with Gasteiger partial charge in [0.15, 0.2) is 0 Å². The molecule has 2 nitrogen and oxygen atoms in total. The molecule has 132 valence electrons. The third-order valence-electron chi connectivity index (χ3n) is 6.53. The van der Waals surface area contributed by atoms with Gasteiger partial charge in [-0.25, -0.2) is 0 Å². The van der Waals surface area contributed by atoms with E-state index in [1.54, 1.807) is 5.56 Å². The molecule has 25 heavy (non-hydrogen) atoms. The van der Waals surface area contributed by atoms with E-state index in [0.717, 1.165) is 32.4 Å². The predicted molar refractivity (Wildman–Crippen MR) is 104 cm³/mol. The van der Waals surface area contributed by atoms with Crippen molar-refractivity contribution in [2.24, 2.45) is 0 Å². The number of rotatable bonds is 3. The lowest BCUT2D eigenvalue weighted by molar-refractivity contribution is 0.458. The fourth-order valence-electron chi connectivity index (χ4n) is 4.93. The lowest BCUT2D eigenvalue weighted by Crippen LogP contribution is -2.27. The first-order valence-electron chi connectivity index (χ1n) is 9.75. The maximum atomic E-state index is 10.3. The van der Waals surface area contributed by atoms with Crippen molar-refractivity contribution in [1.82, 2.24) is 5.32 Å². The molecule has 2 aromatic carbocycles. The van der Waals surface area contributed by atoms with Crippen LogP contribution in [0.4, 0.5) is 0 Å². The van der Waals surface area contributed by atoms with E-state index in [2.05, 4.69) is 37.4 Å². The van der Waals surface area contributed by atoms with Crippen LogP contribution in [-0.2, 0) is 12.8 Å². The topological polar surface area (TPSA) is 32.3 Å². The SMILES string of the molecule is Cc1c(CC2CCc3cccc(O)c32)ccc(C2CCNCC2)c1C. The van der Waals surface area contributed by atoms with Crippen molar-refractivity contribution in [2.75, 3.05) is 13.1 Å². The molecule has 1 saturated heterocycles. The Kier molecular flexibility index (Phi) is 4.56. The molecule has 0 spiro atoms. The Morgan fingerprint density at radius 1 is 1.00 bits per heavy atom. The molecule has 4 rings (SSSR count). The van der Waals surface area contributed by atoms with Gasteiger partial charge < -0.3 is 10.4 Å². The summed E-state index contributed by atoms with van der Waals surface area (Å²) >= 11 is 0. The fraction of sp³-hybridized carbons (Fsp3) is 0.478. The van der Waals surface area contributed by atoms with E-state index < -0.39 is 0 Å². The molecule has 1 heterocycles. The van der Waals surface area contributed by atoms with Crippen LogP contribution in [-0.4, -0.2) is 18.2 Å². The van der Waals surface area contributed by atoms with E-state index in [-0.39, 0.29) is 0 Å². The number of aryl methyl sites for hydroxylation is 1. The molecular weight excluding hydrogens is 306 g/mol. The summed E-state index contributed by atoms with van der Waals surface area (Å²) in [6, 6.07) is 10.7. The van der Waals surface area contributed by atoms with Crippen LogP contribution >= 0.6 is 0 Å². The van der Waals surface area contributed by atoms with Gasteiger partial charge in [-0.3, -0.25) is 0 Å². The Morgan fingerprint density at radius 3 is 2.60 bits per heavy atom. The molecule has 2 heteroatoms. The molecular formula is C23H29NO. The zero-order valence-corrected chi connectivity index (χ0v) is 15.4. The molecule has 1 unspecified atom stereocenters. The highest BCUT2D eigenvalue weighted by atomic mass is 16.3. The average molecular weight is 335 g/mol. The van der Waals surface area contributed by atoms with Gasteiger partial charge in [0.05, 0.1) is 0 Å². The number of phenols is 1. The minimum Gasteiger partial charge on any atom is -0.508 e. The standard InChI is InChI=1S/C23H29NO/c1-15-16(2)21(17-10-12-24-13-11-17)9-8-19(15)14-20-7-6-18-4-3-5-22(25)23(18)20/h3-5,8-9,17,20,24-25H,6-7,10-14H2,1-2H3. The third kappa shape index (κ3) is 3.08. The second-order valence-electron chi connectivity index (χ2n) is 7.88. The summed E-state index contributed by atoms with van der Waals surface area (Å²) in [6.45, 7) is 6.87. The Bertz CT molecular complexity index is 774. The summed E-state index contributed by atoms with van der Waals surface area (Å²) in [5.74, 6) is 1.66. The van der Waals surface area contributed by atoms with Crippen LogP contribution in [0.2, 0.25) is 0 Å². The maximum Gasteiger partial charge on any atom is 0.119 e. The monoisotopic (exact) mass is 335 g/mol. The number of phenolic OH excluding ortho intramolecular Hbond substituents is 1. The van der Waals surface area contributed by atoms with Gasteiger partial charge in [0, 0.05) is 5.56 Å². The lowest BCUT2D eigenvalue weighted by atomic mass is 9.83. The van der Waals surface area contributed by atoms with E-state index in [0.29, 0.717) is 17.6 Å². The molecule has 0 saturated carbocycles. The zero-order chi connectivity index (χ0) is 17.4. The van der Waals surface area contributed by atoms with E-state index >= 15 is 0 Å². The maximum absolute atomic E-state index is 10.3. The number of hydrogen-bond acceptors (Lipinski definition) is 2. The molecule has 1 atom stereocenters. The van der Waals surface area contributed by atoms with Crippen molar-refractivity contribution in [2.45, 2.75) is 57.8 Å². The summed E-state index contributed by atoms with van der Waals surface area (Å²) in [5.41, 5.74) is 8.49. The van der Waals surface area contributed by atoms with Gasteiger partial charge in [0.1, 0.15) is 5.75 Å². The van der Waals surface area contributed by atoms with Gasteiger partial charge in [0.25, 0.3) is 0 Å². The quantitative estimate of drug-likeness (QED) is 0.848. The summed E-state index contributed by atoms with van der Waals surface area (Å²) < 4.78 is 0. The van der Waals surface area contributed by atoms with Gasteiger partial charge in [-0.05, 0) is 105 Å². The second-order valence-corrected chi connectivity index (χ2v) is 7.88. The van der Waals surface area contributed by atoms with E-state index in [9.17, 15) is 5.11 Å². The first-order valence-corrected chi connectivity index (χ1v) is 9.75. The van der Waals surface area contributed by atoms with Crippen molar-refractivity contribution in [1.29, 1.82) is 0 Å². The summed E-state index contributed by atoms with van der Waals surface area (Å²) in [7, 11) is 0. The molecule has 0 amide bonds. The Balaban J connectivity index is 1.59. The Labute approximate surface area is 151 Å². The molecule has 0 radical (unpaired) electrons. The van der Waals surface area contributed by atoms with Crippen LogP contribution in [0.25, 0.3) is 0 Å². The number of nitrogens with one attached hydrogen (secondary N) is 1. The van der Waals surface area contributed by atoms with Crippen molar-refractivity contribution in [3.63, 3.8) is 0 Å². The Hall–Kier alpha value is -1.80. The first-order chi connectivity index (χ1) is 12.1. The molecule has 1 aliphatic carbocycles. The highest BCUT2D eigenvalue weighted by molar-refractivity contribution is 5.48. The van der Waals surface area contributed by atoms with Gasteiger partial charge in [-0.2, -0.15) is 0 Å². The number of aromatic hydroxyl groups is 1. The minimum absolute atomic E-state index is 0.457. The van der Waals surface area contributed by atoms with Crippen molar-refractivity contribution in [3.8, 4) is 5.75 Å². The van der Waals surface area contributed by atoms with Gasteiger partial charge in [-0.15, -0.1) is 0 Å². The van der Waals surface area contributed by atoms with Crippen LogP contribution in [0, 0.1) is 13.8 Å². The number of piperidine rings is 1. The van der Waals surface area contributed by atoms with Crippen LogP contribution in [0.1, 0.15) is 64.5 Å². The van der Waals surface area contributed by atoms with Crippen molar-refractivity contribution in [3.05, 3.63) is 63.7 Å². The van der Waals surface area contributed by atoms with Crippen LogP contribution in [0.15, 0.2) is 30.3 Å². The smallest absolute Gasteiger partial charge is 0.119 e. The largest absolute Gasteiger partial charge is 0.508 e. The predicted octanol–water partition coefficient (Wildman–Crippen LogP) is 4.75. The molecule has 1 aliphatic heterocycles. The highest BCUT2D eigenvalue weighted by Gasteiger charge is 2.26. The lowest BCUT2D eigenvalue weighted by Gasteiger charge is -2.26. The molecule has 0 aromatic heterocycles. The first kappa shape index (κ1) is 16.7. The summed E-state index contributed by atoms with van der Waals surface area (Å²) in [5, 5.41) is 13.8. The minimum atomic E-state index is 0.457. The second kappa shape index (κ2) is 6.84. The third-order valence-corrected chi connectivity index (χ3v) is 6.53. The van der Waals surface area contributed by atoms with Gasteiger partial charge in [0.2, 0.25) is 0 Å². The van der Waals surface area contributed by atoms with Crippen LogP contribution in [0.3, 0.4) is 0 Å². The van der Waals surface area contributed by atoms with E-state index in [1.807, 2.05) is 12.1 Å².